The van der Waals surface area contributed by atoms with Crippen molar-refractivity contribution in [3.05, 3.63) is 29.8 Å². The lowest BCUT2D eigenvalue weighted by molar-refractivity contribution is 0.512. The molecular formula is C16H22N4. The van der Waals surface area contributed by atoms with Crippen LogP contribution in [-0.2, 0) is 6.54 Å². The fraction of sp³-hybridized carbons (Fsp3) is 0.500. The number of hydrogen-bond donors (Lipinski definition) is 1. The first-order valence-corrected chi connectivity index (χ1v) is 7.34. The summed E-state index contributed by atoms with van der Waals surface area (Å²) in [6, 6.07) is 2.01. The number of imidazole rings is 1. The Bertz CT molecular complexity index is 623. The second-order valence-electron chi connectivity index (χ2n) is 6.17. The number of aromatic nitrogens is 3. The highest BCUT2D eigenvalue weighted by Crippen LogP contribution is 2.42. The van der Waals surface area contributed by atoms with E-state index in [1.54, 1.807) is 0 Å². The zero-order chi connectivity index (χ0) is 14.3. The Balaban J connectivity index is 2.10. The molecule has 0 aromatic carbocycles. The number of nitrogens with two attached hydrogens (primary N) is 1. The summed E-state index contributed by atoms with van der Waals surface area (Å²) in [7, 11) is 0. The van der Waals surface area contributed by atoms with Crippen LogP contribution in [0.5, 0.6) is 0 Å². The third-order valence-corrected chi connectivity index (χ3v) is 3.82. The molecule has 1 fully saturated rings. The number of nitrogens with zero attached hydrogens (tertiary/aromatic N) is 3. The molecule has 0 aliphatic heterocycles. The van der Waals surface area contributed by atoms with Crippen LogP contribution in [0.15, 0.2) is 18.5 Å². The van der Waals surface area contributed by atoms with Crippen molar-refractivity contribution < 1.29 is 0 Å². The van der Waals surface area contributed by atoms with E-state index in [2.05, 4.69) is 30.3 Å². The molecule has 0 bridgehead atoms. The quantitative estimate of drug-likeness (QED) is 0.926. The zero-order valence-corrected chi connectivity index (χ0v) is 12.4. The number of nitrogen functional groups attached to an aromatic ring is 1. The van der Waals surface area contributed by atoms with E-state index in [1.807, 2.05) is 18.5 Å². The Morgan fingerprint density at radius 3 is 2.75 bits per heavy atom. The Morgan fingerprint density at radius 2 is 2.15 bits per heavy atom. The van der Waals surface area contributed by atoms with Crippen LogP contribution >= 0.6 is 0 Å². The van der Waals surface area contributed by atoms with Gasteiger partial charge in [-0.25, -0.2) is 4.98 Å². The molecule has 0 spiro atoms. The van der Waals surface area contributed by atoms with Gasteiger partial charge in [0.15, 0.2) is 0 Å². The highest BCUT2D eigenvalue weighted by atomic mass is 15.2. The van der Waals surface area contributed by atoms with Crippen LogP contribution in [0.25, 0.3) is 11.3 Å². The van der Waals surface area contributed by atoms with Crippen molar-refractivity contribution >= 4 is 5.82 Å². The van der Waals surface area contributed by atoms with Crippen molar-refractivity contribution in [1.29, 1.82) is 0 Å². The van der Waals surface area contributed by atoms with Gasteiger partial charge in [0.1, 0.15) is 17.3 Å². The molecule has 2 N–H and O–H groups in total. The maximum Gasteiger partial charge on any atom is 0.131 e. The summed E-state index contributed by atoms with van der Waals surface area (Å²) in [4.78, 5) is 9.07. The molecule has 20 heavy (non-hydrogen) atoms. The van der Waals surface area contributed by atoms with Crippen LogP contribution in [0.1, 0.15) is 44.0 Å². The molecule has 0 atom stereocenters. The summed E-state index contributed by atoms with van der Waals surface area (Å²) < 4.78 is 2.21. The number of pyridine rings is 1. The lowest BCUT2D eigenvalue weighted by atomic mass is 10.1. The molecule has 2 aromatic rings. The van der Waals surface area contributed by atoms with Crippen LogP contribution in [0.4, 0.5) is 5.82 Å². The molecule has 4 nitrogen and oxygen atoms in total. The minimum Gasteiger partial charge on any atom is -0.383 e. The van der Waals surface area contributed by atoms with Gasteiger partial charge in [0, 0.05) is 30.4 Å². The summed E-state index contributed by atoms with van der Waals surface area (Å²) in [6.07, 6.45) is 6.15. The molecule has 106 valence electrons. The fourth-order valence-corrected chi connectivity index (χ4v) is 2.60. The van der Waals surface area contributed by atoms with E-state index in [4.69, 9.17) is 10.7 Å². The van der Waals surface area contributed by atoms with Gasteiger partial charge in [-0.2, -0.15) is 0 Å². The summed E-state index contributed by atoms with van der Waals surface area (Å²) in [6.45, 7) is 7.44. The normalized spacial score (nSPS) is 15.0. The Kier molecular flexibility index (Phi) is 3.24. The van der Waals surface area contributed by atoms with Gasteiger partial charge in [0.05, 0.1) is 0 Å². The number of anilines is 1. The summed E-state index contributed by atoms with van der Waals surface area (Å²) in [5, 5.41) is 0. The largest absolute Gasteiger partial charge is 0.383 e. The maximum absolute atomic E-state index is 6.39. The molecule has 2 heterocycles. The third-order valence-electron chi connectivity index (χ3n) is 3.82. The Labute approximate surface area is 120 Å². The average Bonchev–Trinajstić information content (AvgIpc) is 3.19. The molecule has 0 saturated heterocycles. The monoisotopic (exact) mass is 270 g/mol. The van der Waals surface area contributed by atoms with Gasteiger partial charge in [-0.05, 0) is 37.3 Å². The van der Waals surface area contributed by atoms with Crippen molar-refractivity contribution in [3.8, 4) is 11.3 Å². The minimum atomic E-state index is 0.562. The topological polar surface area (TPSA) is 56.7 Å². The van der Waals surface area contributed by atoms with Crippen molar-refractivity contribution in [3.63, 3.8) is 0 Å². The predicted molar refractivity (Wildman–Crippen MR) is 81.4 cm³/mol. The van der Waals surface area contributed by atoms with Crippen LogP contribution in [-0.4, -0.2) is 14.5 Å². The van der Waals surface area contributed by atoms with Gasteiger partial charge >= 0.3 is 0 Å². The van der Waals surface area contributed by atoms with Crippen molar-refractivity contribution in [2.75, 3.05) is 5.73 Å². The smallest absolute Gasteiger partial charge is 0.131 e. The first-order valence-electron chi connectivity index (χ1n) is 7.34. The first-order chi connectivity index (χ1) is 9.58. The van der Waals surface area contributed by atoms with Gasteiger partial charge in [-0.15, -0.1) is 0 Å². The van der Waals surface area contributed by atoms with Crippen LogP contribution in [0.3, 0.4) is 0 Å². The third kappa shape index (κ3) is 2.30. The molecule has 0 unspecified atom stereocenters. The molecule has 0 radical (unpaired) electrons. The summed E-state index contributed by atoms with van der Waals surface area (Å²) >= 11 is 0. The van der Waals surface area contributed by atoms with Crippen molar-refractivity contribution in [2.24, 2.45) is 5.92 Å². The highest BCUT2D eigenvalue weighted by Gasteiger charge is 2.31. The van der Waals surface area contributed by atoms with Crippen LogP contribution in [0, 0.1) is 12.8 Å². The van der Waals surface area contributed by atoms with Crippen molar-refractivity contribution in [2.45, 2.75) is 46.1 Å². The summed E-state index contributed by atoms with van der Waals surface area (Å²) in [5.74, 6) is 3.11. The number of aryl methyl sites for hydroxylation is 1. The second kappa shape index (κ2) is 4.93. The molecule has 3 rings (SSSR count). The molecule has 1 aliphatic rings. The average molecular weight is 270 g/mol. The van der Waals surface area contributed by atoms with Crippen molar-refractivity contribution in [1.82, 2.24) is 14.5 Å². The first kappa shape index (κ1) is 13.2. The second-order valence-corrected chi connectivity index (χ2v) is 6.17. The zero-order valence-electron chi connectivity index (χ0n) is 12.4. The Hall–Kier alpha value is -1.84. The van der Waals surface area contributed by atoms with E-state index in [0.29, 0.717) is 11.8 Å². The molecule has 1 aliphatic carbocycles. The van der Waals surface area contributed by atoms with E-state index in [1.165, 1.54) is 18.4 Å². The Morgan fingerprint density at radius 1 is 1.40 bits per heavy atom. The van der Waals surface area contributed by atoms with E-state index in [-0.39, 0.29) is 0 Å². The van der Waals surface area contributed by atoms with E-state index >= 15 is 0 Å². The van der Waals surface area contributed by atoms with Crippen LogP contribution in [0.2, 0.25) is 0 Å². The molecule has 1 saturated carbocycles. The summed E-state index contributed by atoms with van der Waals surface area (Å²) in [5.41, 5.74) is 9.51. The van der Waals surface area contributed by atoms with Gasteiger partial charge in [0.2, 0.25) is 0 Å². The molecular weight excluding hydrogens is 248 g/mol. The SMILES string of the molecule is Cc1ccncc1-c1nc(C2CC2)n(CC(C)C)c1N. The van der Waals surface area contributed by atoms with E-state index < -0.39 is 0 Å². The van der Waals surface area contributed by atoms with Gasteiger partial charge < -0.3 is 10.3 Å². The number of hydrogen-bond acceptors (Lipinski definition) is 3. The van der Waals surface area contributed by atoms with E-state index in [9.17, 15) is 0 Å². The minimum absolute atomic E-state index is 0.562. The molecule has 0 amide bonds. The molecule has 4 heteroatoms. The van der Waals surface area contributed by atoms with E-state index in [0.717, 1.165) is 29.4 Å². The van der Waals surface area contributed by atoms with Gasteiger partial charge in [0.25, 0.3) is 0 Å². The lowest BCUT2D eigenvalue weighted by Gasteiger charge is -2.12. The molecule has 2 aromatic heterocycles. The van der Waals surface area contributed by atoms with Gasteiger partial charge in [-0.1, -0.05) is 13.8 Å². The number of rotatable bonds is 4. The standard InChI is InChI=1S/C16H22N4/c1-10(2)9-20-15(17)14(19-16(20)12-4-5-12)13-8-18-7-6-11(13)3/h6-8,10,12H,4-5,9,17H2,1-3H3. The van der Waals surface area contributed by atoms with Crippen LogP contribution < -0.4 is 5.73 Å². The lowest BCUT2D eigenvalue weighted by Crippen LogP contribution is -2.11. The predicted octanol–water partition coefficient (Wildman–Crippen LogP) is 3.37. The van der Waals surface area contributed by atoms with Gasteiger partial charge in [-0.3, -0.25) is 4.98 Å². The highest BCUT2D eigenvalue weighted by molar-refractivity contribution is 5.73. The maximum atomic E-state index is 6.39. The fourth-order valence-electron chi connectivity index (χ4n) is 2.60.